The van der Waals surface area contributed by atoms with Gasteiger partial charge in [0.1, 0.15) is 5.82 Å². The molecule has 0 fully saturated rings. The fraction of sp³-hybridized carbons (Fsp3) is 0.105. The van der Waals surface area contributed by atoms with E-state index in [0.29, 0.717) is 29.5 Å². The molecule has 0 saturated heterocycles. The molecule has 5 nitrogen and oxygen atoms in total. The van der Waals surface area contributed by atoms with E-state index in [2.05, 4.69) is 20.6 Å². The van der Waals surface area contributed by atoms with Crippen LogP contribution in [0, 0.1) is 0 Å². The van der Waals surface area contributed by atoms with E-state index in [1.807, 2.05) is 36.4 Å². The van der Waals surface area contributed by atoms with E-state index in [1.165, 1.54) is 0 Å². The highest BCUT2D eigenvalue weighted by Gasteiger charge is 2.06. The quantitative estimate of drug-likeness (QED) is 0.710. The summed E-state index contributed by atoms with van der Waals surface area (Å²) in [5.41, 5.74) is 2.57. The number of hydrogen-bond donors (Lipinski definition) is 2. The molecule has 0 saturated carbocycles. The van der Waals surface area contributed by atoms with Crippen molar-refractivity contribution >= 4 is 23.3 Å². The zero-order valence-corrected chi connectivity index (χ0v) is 14.2. The molecule has 0 spiro atoms. The Morgan fingerprint density at radius 1 is 0.960 bits per heavy atom. The third-order valence-corrected chi connectivity index (χ3v) is 3.84. The highest BCUT2D eigenvalue weighted by molar-refractivity contribution is 6.30. The molecular weight excluding hydrogens is 336 g/mol. The molecule has 0 unspecified atom stereocenters. The molecule has 2 N–H and O–H groups in total. The number of rotatable bonds is 6. The van der Waals surface area contributed by atoms with E-state index in [0.717, 1.165) is 11.1 Å². The molecule has 25 heavy (non-hydrogen) atoms. The second kappa shape index (κ2) is 8.26. The smallest absolute Gasteiger partial charge is 0.253 e. The normalized spacial score (nSPS) is 10.3. The van der Waals surface area contributed by atoms with Gasteiger partial charge in [-0.25, -0.2) is 4.98 Å². The molecule has 2 aromatic heterocycles. The van der Waals surface area contributed by atoms with Gasteiger partial charge in [0, 0.05) is 36.7 Å². The predicted octanol–water partition coefficient (Wildman–Crippen LogP) is 3.67. The lowest BCUT2D eigenvalue weighted by Crippen LogP contribution is -2.23. The number of hydrogen-bond acceptors (Lipinski definition) is 4. The van der Waals surface area contributed by atoms with Gasteiger partial charge in [0.2, 0.25) is 0 Å². The first-order valence-corrected chi connectivity index (χ1v) is 8.20. The number of aromatic nitrogens is 2. The zero-order chi connectivity index (χ0) is 17.5. The van der Waals surface area contributed by atoms with Crippen LogP contribution in [0.3, 0.4) is 0 Å². The average molecular weight is 353 g/mol. The summed E-state index contributed by atoms with van der Waals surface area (Å²) >= 11 is 5.87. The second-order valence-corrected chi connectivity index (χ2v) is 5.89. The third kappa shape index (κ3) is 5.02. The van der Waals surface area contributed by atoms with Crippen LogP contribution < -0.4 is 10.6 Å². The highest BCUT2D eigenvalue weighted by Crippen LogP contribution is 2.12. The van der Waals surface area contributed by atoms with E-state index in [9.17, 15) is 4.79 Å². The minimum Gasteiger partial charge on any atom is -0.366 e. The number of anilines is 1. The maximum atomic E-state index is 12.1. The van der Waals surface area contributed by atoms with Crippen LogP contribution in [0.5, 0.6) is 0 Å². The SMILES string of the molecule is O=C(NCc1cccnc1)c1ccc(NCc2ccc(Cl)cc2)nc1. The van der Waals surface area contributed by atoms with Gasteiger partial charge >= 0.3 is 0 Å². The summed E-state index contributed by atoms with van der Waals surface area (Å²) in [4.78, 5) is 20.4. The van der Waals surface area contributed by atoms with Gasteiger partial charge < -0.3 is 10.6 Å². The Morgan fingerprint density at radius 3 is 2.48 bits per heavy atom. The topological polar surface area (TPSA) is 66.9 Å². The largest absolute Gasteiger partial charge is 0.366 e. The molecule has 3 aromatic rings. The number of carbonyl (C=O) groups is 1. The van der Waals surface area contributed by atoms with E-state index in [4.69, 9.17) is 11.6 Å². The molecule has 0 aliphatic carbocycles. The summed E-state index contributed by atoms with van der Waals surface area (Å²) in [6.45, 7) is 1.07. The fourth-order valence-electron chi connectivity index (χ4n) is 2.21. The monoisotopic (exact) mass is 352 g/mol. The van der Waals surface area contributed by atoms with Crippen molar-refractivity contribution in [2.24, 2.45) is 0 Å². The van der Waals surface area contributed by atoms with Crippen molar-refractivity contribution in [2.45, 2.75) is 13.1 Å². The summed E-state index contributed by atoms with van der Waals surface area (Å²) < 4.78 is 0. The zero-order valence-electron chi connectivity index (χ0n) is 13.4. The summed E-state index contributed by atoms with van der Waals surface area (Å²) in [6.07, 6.45) is 4.98. The number of benzene rings is 1. The number of halogens is 1. The Labute approximate surface area is 151 Å². The Bertz CT molecular complexity index is 820. The minimum absolute atomic E-state index is 0.166. The Hall–Kier alpha value is -2.92. The van der Waals surface area contributed by atoms with Crippen molar-refractivity contribution in [3.63, 3.8) is 0 Å². The molecule has 3 rings (SSSR count). The van der Waals surface area contributed by atoms with Crippen molar-refractivity contribution in [1.82, 2.24) is 15.3 Å². The lowest BCUT2D eigenvalue weighted by atomic mass is 10.2. The van der Waals surface area contributed by atoms with Crippen molar-refractivity contribution in [2.75, 3.05) is 5.32 Å². The van der Waals surface area contributed by atoms with Crippen molar-refractivity contribution in [3.8, 4) is 0 Å². The van der Waals surface area contributed by atoms with Crippen LogP contribution >= 0.6 is 11.6 Å². The Morgan fingerprint density at radius 2 is 1.80 bits per heavy atom. The van der Waals surface area contributed by atoms with Gasteiger partial charge in [0.25, 0.3) is 5.91 Å². The summed E-state index contributed by atoms with van der Waals surface area (Å²) in [6, 6.07) is 14.9. The van der Waals surface area contributed by atoms with Gasteiger partial charge in [-0.05, 0) is 41.5 Å². The lowest BCUT2D eigenvalue weighted by molar-refractivity contribution is 0.0950. The van der Waals surface area contributed by atoms with Gasteiger partial charge in [0.05, 0.1) is 5.56 Å². The number of carbonyl (C=O) groups excluding carboxylic acids is 1. The lowest BCUT2D eigenvalue weighted by Gasteiger charge is -2.08. The van der Waals surface area contributed by atoms with E-state index >= 15 is 0 Å². The molecule has 0 bridgehead atoms. The van der Waals surface area contributed by atoms with Gasteiger partial charge in [-0.2, -0.15) is 0 Å². The molecule has 2 heterocycles. The van der Waals surface area contributed by atoms with Gasteiger partial charge in [-0.1, -0.05) is 29.8 Å². The van der Waals surface area contributed by atoms with Crippen LogP contribution in [-0.2, 0) is 13.1 Å². The average Bonchev–Trinajstić information content (AvgIpc) is 2.67. The van der Waals surface area contributed by atoms with Gasteiger partial charge in [-0.3, -0.25) is 9.78 Å². The molecule has 1 aromatic carbocycles. The van der Waals surface area contributed by atoms with Gasteiger partial charge in [0.15, 0.2) is 0 Å². The molecule has 0 aliphatic rings. The highest BCUT2D eigenvalue weighted by atomic mass is 35.5. The summed E-state index contributed by atoms with van der Waals surface area (Å²) in [5, 5.41) is 6.77. The molecule has 0 radical (unpaired) electrons. The Kier molecular flexibility index (Phi) is 5.59. The Balaban J connectivity index is 1.52. The predicted molar refractivity (Wildman–Crippen MR) is 98.4 cm³/mol. The van der Waals surface area contributed by atoms with Crippen molar-refractivity contribution in [3.05, 3.63) is 88.8 Å². The standard InChI is InChI=1S/C19H17ClN4O/c20-17-6-3-14(4-7-17)11-22-18-8-5-16(13-23-18)19(25)24-12-15-2-1-9-21-10-15/h1-10,13H,11-12H2,(H,22,23)(H,24,25). The number of pyridine rings is 2. The van der Waals surface area contributed by atoms with E-state index in [-0.39, 0.29) is 5.91 Å². The third-order valence-electron chi connectivity index (χ3n) is 3.59. The van der Waals surface area contributed by atoms with E-state index in [1.54, 1.807) is 30.7 Å². The summed E-state index contributed by atoms with van der Waals surface area (Å²) in [5.74, 6) is 0.541. The van der Waals surface area contributed by atoms with Crippen LogP contribution in [-0.4, -0.2) is 15.9 Å². The fourth-order valence-corrected chi connectivity index (χ4v) is 2.34. The maximum absolute atomic E-state index is 12.1. The molecule has 1 amide bonds. The second-order valence-electron chi connectivity index (χ2n) is 5.46. The molecule has 6 heteroatoms. The van der Waals surface area contributed by atoms with Crippen LogP contribution in [0.2, 0.25) is 5.02 Å². The number of amides is 1. The molecule has 0 aliphatic heterocycles. The van der Waals surface area contributed by atoms with E-state index < -0.39 is 0 Å². The molecule has 126 valence electrons. The van der Waals surface area contributed by atoms with Crippen LogP contribution in [0.25, 0.3) is 0 Å². The first-order chi connectivity index (χ1) is 12.2. The summed E-state index contributed by atoms with van der Waals surface area (Å²) in [7, 11) is 0. The van der Waals surface area contributed by atoms with Crippen molar-refractivity contribution < 1.29 is 4.79 Å². The maximum Gasteiger partial charge on any atom is 0.253 e. The van der Waals surface area contributed by atoms with Gasteiger partial charge in [-0.15, -0.1) is 0 Å². The first kappa shape index (κ1) is 16.9. The minimum atomic E-state index is -0.166. The van der Waals surface area contributed by atoms with Crippen LogP contribution in [0.1, 0.15) is 21.5 Å². The number of nitrogens with zero attached hydrogens (tertiary/aromatic N) is 2. The first-order valence-electron chi connectivity index (χ1n) is 7.82. The molecule has 0 atom stereocenters. The number of nitrogens with one attached hydrogen (secondary N) is 2. The van der Waals surface area contributed by atoms with Crippen LogP contribution in [0.15, 0.2) is 67.1 Å². The molecular formula is C19H17ClN4O. The van der Waals surface area contributed by atoms with Crippen molar-refractivity contribution in [1.29, 1.82) is 0 Å². The van der Waals surface area contributed by atoms with Crippen LogP contribution in [0.4, 0.5) is 5.82 Å².